The molecule has 3 aromatic rings. The molecule has 1 aromatic carbocycles. The highest BCUT2D eigenvalue weighted by atomic mass is 32.1. The molecule has 86 valence electrons. The summed E-state index contributed by atoms with van der Waals surface area (Å²) in [5.74, 6) is 0. The molecule has 0 amide bonds. The van der Waals surface area contributed by atoms with Gasteiger partial charge in [-0.1, -0.05) is 18.2 Å². The fourth-order valence-electron chi connectivity index (χ4n) is 1.69. The second kappa shape index (κ2) is 3.85. The molecule has 0 bridgehead atoms. The fourth-order valence-corrected chi connectivity index (χ4v) is 2.50. The van der Waals surface area contributed by atoms with E-state index in [-0.39, 0.29) is 0 Å². The van der Waals surface area contributed by atoms with Gasteiger partial charge in [0.2, 0.25) is 5.13 Å². The lowest BCUT2D eigenvalue weighted by Gasteiger charge is -2.04. The molecule has 5 heteroatoms. The smallest absolute Gasteiger partial charge is 0.207 e. The molecule has 0 aliphatic heterocycles. The van der Waals surface area contributed by atoms with Crippen molar-refractivity contribution in [3.05, 3.63) is 41.6 Å². The highest BCUT2D eigenvalue weighted by Crippen LogP contribution is 2.23. The van der Waals surface area contributed by atoms with E-state index in [4.69, 9.17) is 0 Å². The van der Waals surface area contributed by atoms with Crippen molar-refractivity contribution in [2.24, 2.45) is 0 Å². The molecule has 0 radical (unpaired) electrons. The van der Waals surface area contributed by atoms with Crippen LogP contribution in [0.5, 0.6) is 0 Å². The Morgan fingerprint density at radius 3 is 2.82 bits per heavy atom. The predicted molar refractivity (Wildman–Crippen MR) is 70.1 cm³/mol. The topological polar surface area (TPSA) is 42.2 Å². The van der Waals surface area contributed by atoms with Crippen LogP contribution in [0.1, 0.15) is 11.3 Å². The second-order valence-corrected chi connectivity index (χ2v) is 4.88. The molecule has 0 aliphatic rings. The van der Waals surface area contributed by atoms with Crippen LogP contribution in [-0.4, -0.2) is 14.0 Å². The van der Waals surface area contributed by atoms with Crippen LogP contribution in [0.3, 0.4) is 0 Å². The summed E-state index contributed by atoms with van der Waals surface area (Å²) in [6, 6.07) is 10.1. The van der Waals surface area contributed by atoms with Gasteiger partial charge in [0.15, 0.2) is 5.65 Å². The fraction of sp³-hybridized carbons (Fsp3) is 0.167. The Balaban J connectivity index is 1.95. The monoisotopic (exact) mass is 244 g/mol. The second-order valence-electron chi connectivity index (χ2n) is 3.97. The van der Waals surface area contributed by atoms with E-state index >= 15 is 0 Å². The molecule has 0 atom stereocenters. The first-order valence-corrected chi connectivity index (χ1v) is 6.16. The molecule has 2 heterocycles. The van der Waals surface area contributed by atoms with Gasteiger partial charge in [0, 0.05) is 23.3 Å². The first-order chi connectivity index (χ1) is 8.22. The van der Waals surface area contributed by atoms with E-state index in [9.17, 15) is 0 Å². The number of rotatable bonds is 2. The van der Waals surface area contributed by atoms with Gasteiger partial charge in [0.25, 0.3) is 0 Å². The molecule has 2 aromatic heterocycles. The number of benzene rings is 1. The summed E-state index contributed by atoms with van der Waals surface area (Å²) < 4.78 is 1.83. The molecule has 0 aliphatic carbocycles. The van der Waals surface area contributed by atoms with Crippen LogP contribution in [0, 0.1) is 13.8 Å². The minimum Gasteiger partial charge on any atom is -0.330 e. The maximum atomic E-state index is 4.48. The summed E-state index contributed by atoms with van der Waals surface area (Å²) in [6.07, 6.45) is 0. The van der Waals surface area contributed by atoms with Crippen LogP contribution in [0.15, 0.2) is 30.3 Å². The molecule has 17 heavy (non-hydrogen) atoms. The SMILES string of the molecule is Cc1cc2nc(Nc3ccccc3C)sn2n1. The summed E-state index contributed by atoms with van der Waals surface area (Å²) >= 11 is 1.50. The molecule has 0 saturated heterocycles. The quantitative estimate of drug-likeness (QED) is 0.753. The average molecular weight is 244 g/mol. The van der Waals surface area contributed by atoms with E-state index in [1.54, 1.807) is 0 Å². The summed E-state index contributed by atoms with van der Waals surface area (Å²) in [6.45, 7) is 4.04. The van der Waals surface area contributed by atoms with Crippen LogP contribution in [0.25, 0.3) is 5.65 Å². The van der Waals surface area contributed by atoms with E-state index in [0.29, 0.717) is 0 Å². The molecule has 0 unspecified atom stereocenters. The Morgan fingerprint density at radius 1 is 1.24 bits per heavy atom. The maximum absolute atomic E-state index is 4.48. The van der Waals surface area contributed by atoms with Crippen LogP contribution >= 0.6 is 11.5 Å². The van der Waals surface area contributed by atoms with Crippen LogP contribution in [0.2, 0.25) is 0 Å². The van der Waals surface area contributed by atoms with Crippen LogP contribution in [0.4, 0.5) is 10.8 Å². The van der Waals surface area contributed by atoms with Crippen molar-refractivity contribution in [2.75, 3.05) is 5.32 Å². The van der Waals surface area contributed by atoms with Crippen molar-refractivity contribution in [3.8, 4) is 0 Å². The van der Waals surface area contributed by atoms with Crippen LogP contribution in [-0.2, 0) is 0 Å². The van der Waals surface area contributed by atoms with Crippen molar-refractivity contribution in [1.82, 2.24) is 14.0 Å². The highest BCUT2D eigenvalue weighted by Gasteiger charge is 2.06. The van der Waals surface area contributed by atoms with Gasteiger partial charge in [-0.15, -0.1) is 0 Å². The number of fused-ring (bicyclic) bond motifs is 1. The van der Waals surface area contributed by atoms with E-state index in [2.05, 4.69) is 28.4 Å². The summed E-state index contributed by atoms with van der Waals surface area (Å²) in [5, 5.41) is 8.51. The maximum Gasteiger partial charge on any atom is 0.207 e. The van der Waals surface area contributed by atoms with Gasteiger partial charge < -0.3 is 5.32 Å². The standard InChI is InChI=1S/C12H12N4S/c1-8-5-3-4-6-10(8)13-12-14-11-7-9(2)15-16(11)17-12/h3-7H,1-2H3,(H,13,14). The van der Waals surface area contributed by atoms with E-state index in [0.717, 1.165) is 22.2 Å². The third-order valence-electron chi connectivity index (χ3n) is 2.56. The van der Waals surface area contributed by atoms with Crippen molar-refractivity contribution in [1.29, 1.82) is 0 Å². The Morgan fingerprint density at radius 2 is 2.06 bits per heavy atom. The first kappa shape index (κ1) is 10.3. The van der Waals surface area contributed by atoms with Gasteiger partial charge in [-0.2, -0.15) is 14.0 Å². The van der Waals surface area contributed by atoms with Crippen LogP contribution < -0.4 is 5.32 Å². The molecule has 0 spiro atoms. The lowest BCUT2D eigenvalue weighted by molar-refractivity contribution is 1.02. The lowest BCUT2D eigenvalue weighted by atomic mass is 10.2. The van der Waals surface area contributed by atoms with Gasteiger partial charge in [-0.25, -0.2) is 0 Å². The zero-order valence-electron chi connectivity index (χ0n) is 9.64. The third kappa shape index (κ3) is 1.89. The normalized spacial score (nSPS) is 10.9. The lowest BCUT2D eigenvalue weighted by Crippen LogP contribution is -1.91. The molecule has 4 nitrogen and oxygen atoms in total. The van der Waals surface area contributed by atoms with Gasteiger partial charge in [0.05, 0.1) is 5.69 Å². The van der Waals surface area contributed by atoms with Gasteiger partial charge in [0.1, 0.15) is 0 Å². The number of nitrogens with one attached hydrogen (secondary N) is 1. The Kier molecular flexibility index (Phi) is 2.33. The van der Waals surface area contributed by atoms with Crippen molar-refractivity contribution < 1.29 is 0 Å². The zero-order chi connectivity index (χ0) is 11.8. The van der Waals surface area contributed by atoms with E-state index in [1.807, 2.05) is 35.1 Å². The summed E-state index contributed by atoms with van der Waals surface area (Å²) in [5.41, 5.74) is 4.17. The molecular formula is C12H12N4S. The average Bonchev–Trinajstić information content (AvgIpc) is 2.78. The summed E-state index contributed by atoms with van der Waals surface area (Å²) in [4.78, 5) is 4.48. The minimum absolute atomic E-state index is 0.863. The minimum atomic E-state index is 0.863. The number of anilines is 2. The largest absolute Gasteiger partial charge is 0.330 e. The van der Waals surface area contributed by atoms with E-state index in [1.165, 1.54) is 17.1 Å². The van der Waals surface area contributed by atoms with Crippen molar-refractivity contribution >= 4 is 28.0 Å². The molecule has 0 fully saturated rings. The predicted octanol–water partition coefficient (Wildman–Crippen LogP) is 3.15. The molecule has 1 N–H and O–H groups in total. The Hall–Kier alpha value is -1.88. The highest BCUT2D eigenvalue weighted by molar-refractivity contribution is 7.10. The number of aromatic nitrogens is 3. The van der Waals surface area contributed by atoms with Gasteiger partial charge in [-0.05, 0) is 25.5 Å². The van der Waals surface area contributed by atoms with Crippen molar-refractivity contribution in [3.63, 3.8) is 0 Å². The first-order valence-electron chi connectivity index (χ1n) is 5.39. The van der Waals surface area contributed by atoms with E-state index < -0.39 is 0 Å². The number of nitrogens with zero attached hydrogens (tertiary/aromatic N) is 3. The van der Waals surface area contributed by atoms with Crippen molar-refractivity contribution in [2.45, 2.75) is 13.8 Å². The van der Waals surface area contributed by atoms with Gasteiger partial charge >= 0.3 is 0 Å². The molecular weight excluding hydrogens is 232 g/mol. The number of hydrogen-bond acceptors (Lipinski definition) is 4. The third-order valence-corrected chi connectivity index (χ3v) is 3.37. The number of hydrogen-bond donors (Lipinski definition) is 1. The number of para-hydroxylation sites is 1. The Bertz CT molecular complexity index is 637. The van der Waals surface area contributed by atoms with Gasteiger partial charge in [-0.3, -0.25) is 0 Å². The Labute approximate surface area is 103 Å². The summed E-state index contributed by atoms with van der Waals surface area (Å²) in [7, 11) is 0. The zero-order valence-corrected chi connectivity index (χ0v) is 10.5. The molecule has 3 rings (SSSR count). The number of aryl methyl sites for hydroxylation is 2. The molecule has 0 saturated carbocycles.